The minimum atomic E-state index is -5.23. The zero-order chi connectivity index (χ0) is 17.7. The number of aliphatic imine (C=N–C) groups is 1. The van der Waals surface area contributed by atoms with Crippen molar-refractivity contribution >= 4 is 6.21 Å². The Kier molecular flexibility index (Phi) is 3.77. The molecule has 10 heteroatoms. The Balaban J connectivity index is 2.77. The predicted octanol–water partition coefficient (Wildman–Crippen LogP) is 5.12. The molecule has 0 aliphatic carbocycles. The van der Waals surface area contributed by atoms with Crippen LogP contribution in [0.15, 0.2) is 35.5 Å². The van der Waals surface area contributed by atoms with Crippen molar-refractivity contribution in [1.82, 2.24) is 0 Å². The Morgan fingerprint density at radius 2 is 1.22 bits per heavy atom. The molecule has 0 bridgehead atoms. The molecule has 1 aromatic rings. The maximum absolute atomic E-state index is 13.3. The molecule has 0 spiro atoms. The van der Waals surface area contributed by atoms with Crippen LogP contribution in [-0.4, -0.2) is 12.4 Å². The monoisotopic (exact) mass is 347 g/mol. The molecule has 2 rings (SSSR count). The number of nitrogens with zero attached hydrogens (tertiary/aromatic N) is 1. The van der Waals surface area contributed by atoms with Crippen LogP contribution < -0.4 is 0 Å². The molecule has 1 aromatic carbocycles. The largest absolute Gasteiger partial charge is 0.416 e. The van der Waals surface area contributed by atoms with Crippen LogP contribution in [0, 0.1) is 0 Å². The normalized spacial score (nSPS) is 22.0. The molecule has 126 valence electrons. The summed E-state index contributed by atoms with van der Waals surface area (Å²) in [4.78, 5) is 3.18. The second-order valence-electron chi connectivity index (χ2n) is 4.76. The van der Waals surface area contributed by atoms with E-state index in [2.05, 4.69) is 4.99 Å². The molecule has 0 amide bonds. The number of allylic oxidation sites excluding steroid dienone is 1. The first-order chi connectivity index (χ1) is 10.3. The van der Waals surface area contributed by atoms with Gasteiger partial charge < -0.3 is 0 Å². The molecule has 0 aromatic heterocycles. The zero-order valence-electron chi connectivity index (χ0n) is 10.8. The van der Waals surface area contributed by atoms with Gasteiger partial charge in [-0.05, 0) is 29.8 Å². The van der Waals surface area contributed by atoms with Crippen molar-refractivity contribution in [2.45, 2.75) is 23.9 Å². The minimum absolute atomic E-state index is 0.0460. The molecule has 0 radical (unpaired) electrons. The van der Waals surface area contributed by atoms with Gasteiger partial charge in [0.05, 0.1) is 11.1 Å². The van der Waals surface area contributed by atoms with E-state index in [1.165, 1.54) is 0 Å². The molecule has 1 unspecified atom stereocenters. The van der Waals surface area contributed by atoms with Crippen LogP contribution in [0.3, 0.4) is 0 Å². The molecule has 1 aliphatic rings. The van der Waals surface area contributed by atoms with Gasteiger partial charge in [-0.25, -0.2) is 0 Å². The lowest BCUT2D eigenvalue weighted by molar-refractivity contribution is -0.157. The summed E-state index contributed by atoms with van der Waals surface area (Å²) in [6.07, 6.45) is -14.3. The topological polar surface area (TPSA) is 12.4 Å². The highest BCUT2D eigenvalue weighted by molar-refractivity contribution is 5.81. The van der Waals surface area contributed by atoms with Crippen molar-refractivity contribution < 1.29 is 39.5 Å². The highest BCUT2D eigenvalue weighted by Crippen LogP contribution is 2.46. The number of alkyl halides is 9. The Hall–Kier alpha value is -2.00. The fourth-order valence-electron chi connectivity index (χ4n) is 2.06. The first-order valence-electron chi connectivity index (χ1n) is 5.86. The fourth-order valence-corrected chi connectivity index (χ4v) is 2.06. The molecule has 0 saturated heterocycles. The summed E-state index contributed by atoms with van der Waals surface area (Å²) < 4.78 is 116. The highest BCUT2D eigenvalue weighted by atomic mass is 19.4. The van der Waals surface area contributed by atoms with E-state index < -0.39 is 40.6 Å². The SMILES string of the molecule is FC(F)(F)c1cc(C(F)(F)F)cc(C2(C(F)(F)F)C=CN=C2)c1. The maximum atomic E-state index is 13.3. The Bertz CT molecular complexity index is 617. The minimum Gasteiger partial charge on any atom is -0.268 e. The van der Waals surface area contributed by atoms with E-state index in [9.17, 15) is 39.5 Å². The summed E-state index contributed by atoms with van der Waals surface area (Å²) in [5, 5.41) is 0. The van der Waals surface area contributed by atoms with Crippen molar-refractivity contribution in [2.24, 2.45) is 4.99 Å². The molecule has 23 heavy (non-hydrogen) atoms. The van der Waals surface area contributed by atoms with Crippen LogP contribution in [0.1, 0.15) is 16.7 Å². The van der Waals surface area contributed by atoms with Gasteiger partial charge in [-0.1, -0.05) is 0 Å². The number of halogens is 9. The Morgan fingerprint density at radius 1 is 0.739 bits per heavy atom. The van der Waals surface area contributed by atoms with Crippen LogP contribution in [0.5, 0.6) is 0 Å². The molecular formula is C13H6F9N. The third-order valence-corrected chi connectivity index (χ3v) is 3.24. The summed E-state index contributed by atoms with van der Waals surface area (Å²) in [7, 11) is 0. The molecule has 0 N–H and O–H groups in total. The van der Waals surface area contributed by atoms with Gasteiger partial charge in [-0.2, -0.15) is 39.5 Å². The third-order valence-electron chi connectivity index (χ3n) is 3.24. The van der Waals surface area contributed by atoms with Crippen LogP contribution in [-0.2, 0) is 17.8 Å². The Labute approximate surface area is 123 Å². The second-order valence-corrected chi connectivity index (χ2v) is 4.76. The number of benzene rings is 1. The van der Waals surface area contributed by atoms with Gasteiger partial charge in [-0.15, -0.1) is 0 Å². The van der Waals surface area contributed by atoms with Gasteiger partial charge >= 0.3 is 18.5 Å². The molecule has 1 nitrogen and oxygen atoms in total. The van der Waals surface area contributed by atoms with E-state index in [1.807, 2.05) is 0 Å². The van der Waals surface area contributed by atoms with Gasteiger partial charge in [0.25, 0.3) is 0 Å². The molecule has 0 fully saturated rings. The van der Waals surface area contributed by atoms with Crippen LogP contribution in [0.4, 0.5) is 39.5 Å². The van der Waals surface area contributed by atoms with Crippen LogP contribution in [0.2, 0.25) is 0 Å². The lowest BCUT2D eigenvalue weighted by atomic mass is 9.80. The Morgan fingerprint density at radius 3 is 1.52 bits per heavy atom. The summed E-state index contributed by atoms with van der Waals surface area (Å²) >= 11 is 0. The number of rotatable bonds is 1. The molecular weight excluding hydrogens is 341 g/mol. The summed E-state index contributed by atoms with van der Waals surface area (Å²) in [5.74, 6) is 0. The predicted molar refractivity (Wildman–Crippen MR) is 61.8 cm³/mol. The van der Waals surface area contributed by atoms with E-state index in [-0.39, 0.29) is 24.4 Å². The maximum Gasteiger partial charge on any atom is 0.416 e. The van der Waals surface area contributed by atoms with Gasteiger partial charge in [0.15, 0.2) is 0 Å². The fraction of sp³-hybridized carbons (Fsp3) is 0.308. The average Bonchev–Trinajstić information content (AvgIpc) is 2.86. The van der Waals surface area contributed by atoms with Gasteiger partial charge in [0.1, 0.15) is 5.41 Å². The van der Waals surface area contributed by atoms with E-state index >= 15 is 0 Å². The van der Waals surface area contributed by atoms with E-state index in [1.54, 1.807) is 0 Å². The third kappa shape index (κ3) is 3.06. The van der Waals surface area contributed by atoms with E-state index in [0.717, 1.165) is 0 Å². The number of hydrogen-bond donors (Lipinski definition) is 0. The first-order valence-corrected chi connectivity index (χ1v) is 5.86. The second kappa shape index (κ2) is 5.00. The summed E-state index contributed by atoms with van der Waals surface area (Å²) in [5.41, 5.74) is -7.97. The van der Waals surface area contributed by atoms with E-state index in [4.69, 9.17) is 0 Å². The highest BCUT2D eigenvalue weighted by Gasteiger charge is 2.55. The standard InChI is InChI=1S/C13H6F9N/c14-11(15,16)8-3-7(4-9(5-8)12(17,18)19)10(13(20,21)22)1-2-23-6-10/h1-6H. The van der Waals surface area contributed by atoms with Crippen molar-refractivity contribution in [3.05, 3.63) is 47.2 Å². The molecule has 1 atom stereocenters. The van der Waals surface area contributed by atoms with Crippen LogP contribution >= 0.6 is 0 Å². The van der Waals surface area contributed by atoms with Gasteiger partial charge in [0, 0.05) is 12.4 Å². The lowest BCUT2D eigenvalue weighted by Crippen LogP contribution is -2.41. The molecule has 1 heterocycles. The first kappa shape index (κ1) is 17.4. The molecule has 1 aliphatic heterocycles. The van der Waals surface area contributed by atoms with Crippen molar-refractivity contribution in [2.75, 3.05) is 0 Å². The van der Waals surface area contributed by atoms with Crippen molar-refractivity contribution in [3.8, 4) is 0 Å². The summed E-state index contributed by atoms with van der Waals surface area (Å²) in [6.45, 7) is 0. The van der Waals surface area contributed by atoms with Crippen LogP contribution in [0.25, 0.3) is 0 Å². The smallest absolute Gasteiger partial charge is 0.268 e. The van der Waals surface area contributed by atoms with Crippen molar-refractivity contribution in [1.29, 1.82) is 0 Å². The molecule has 0 saturated carbocycles. The van der Waals surface area contributed by atoms with Gasteiger partial charge in [-0.3, -0.25) is 4.99 Å². The zero-order valence-corrected chi connectivity index (χ0v) is 10.8. The van der Waals surface area contributed by atoms with E-state index in [0.29, 0.717) is 12.3 Å². The summed E-state index contributed by atoms with van der Waals surface area (Å²) in [6, 6.07) is -0.141. The van der Waals surface area contributed by atoms with Gasteiger partial charge in [0.2, 0.25) is 0 Å². The quantitative estimate of drug-likeness (QED) is 0.625. The van der Waals surface area contributed by atoms with Crippen molar-refractivity contribution in [3.63, 3.8) is 0 Å². The number of hydrogen-bond acceptors (Lipinski definition) is 1. The lowest BCUT2D eigenvalue weighted by Gasteiger charge is -2.29. The average molecular weight is 347 g/mol.